The second-order valence-electron chi connectivity index (χ2n) is 5.66. The molecular formula is C22H15BrClNO. The average Bonchev–Trinajstić information content (AvgIpc) is 2.67. The van der Waals surface area contributed by atoms with Crippen LogP contribution in [0, 0.1) is 11.3 Å². The van der Waals surface area contributed by atoms with Crippen molar-refractivity contribution in [3.63, 3.8) is 0 Å². The van der Waals surface area contributed by atoms with Gasteiger partial charge in [0.05, 0.1) is 11.6 Å². The smallest absolute Gasteiger partial charge is 0.119 e. The molecule has 0 saturated heterocycles. The van der Waals surface area contributed by atoms with Crippen LogP contribution in [-0.2, 0) is 6.61 Å². The van der Waals surface area contributed by atoms with Crippen LogP contribution in [0.3, 0.4) is 0 Å². The molecule has 0 radical (unpaired) electrons. The number of hydrogen-bond acceptors (Lipinski definition) is 2. The Morgan fingerprint density at radius 1 is 0.962 bits per heavy atom. The summed E-state index contributed by atoms with van der Waals surface area (Å²) in [5.41, 5.74) is 3.51. The summed E-state index contributed by atoms with van der Waals surface area (Å²) in [4.78, 5) is 0. The molecule has 0 bridgehead atoms. The zero-order valence-corrected chi connectivity index (χ0v) is 16.2. The molecule has 0 amide bonds. The first kappa shape index (κ1) is 18.3. The second-order valence-corrected chi connectivity index (χ2v) is 7.01. The number of nitriles is 1. The SMILES string of the molecule is N#C/C(=C/c1ccc(OCc2ccc(Cl)cc2)cc1)c1ccc(Br)cc1. The van der Waals surface area contributed by atoms with Crippen LogP contribution in [0.4, 0.5) is 0 Å². The summed E-state index contributed by atoms with van der Waals surface area (Å²) in [7, 11) is 0. The highest BCUT2D eigenvalue weighted by Gasteiger charge is 2.02. The van der Waals surface area contributed by atoms with E-state index in [1.54, 1.807) is 0 Å². The first-order valence-electron chi connectivity index (χ1n) is 7.99. The third-order valence-electron chi connectivity index (χ3n) is 3.79. The lowest BCUT2D eigenvalue weighted by Crippen LogP contribution is -1.94. The Balaban J connectivity index is 1.69. The Labute approximate surface area is 166 Å². The molecule has 0 aliphatic heterocycles. The van der Waals surface area contributed by atoms with Crippen molar-refractivity contribution in [2.75, 3.05) is 0 Å². The Hall–Kier alpha value is -2.54. The van der Waals surface area contributed by atoms with Gasteiger partial charge in [0, 0.05) is 9.50 Å². The maximum atomic E-state index is 9.43. The maximum absolute atomic E-state index is 9.43. The van der Waals surface area contributed by atoms with Gasteiger partial charge in [-0.05, 0) is 59.2 Å². The topological polar surface area (TPSA) is 33.0 Å². The van der Waals surface area contributed by atoms with E-state index in [4.69, 9.17) is 16.3 Å². The van der Waals surface area contributed by atoms with Crippen molar-refractivity contribution in [3.8, 4) is 11.8 Å². The van der Waals surface area contributed by atoms with E-state index in [9.17, 15) is 5.26 Å². The van der Waals surface area contributed by atoms with E-state index in [1.807, 2.05) is 78.9 Å². The third-order valence-corrected chi connectivity index (χ3v) is 4.57. The van der Waals surface area contributed by atoms with Crippen LogP contribution in [0.1, 0.15) is 16.7 Å². The summed E-state index contributed by atoms with van der Waals surface area (Å²) in [6, 6.07) is 25.2. The van der Waals surface area contributed by atoms with Gasteiger partial charge in [-0.1, -0.05) is 63.9 Å². The van der Waals surface area contributed by atoms with E-state index < -0.39 is 0 Å². The van der Waals surface area contributed by atoms with Crippen molar-refractivity contribution in [1.29, 1.82) is 5.26 Å². The lowest BCUT2D eigenvalue weighted by molar-refractivity contribution is 0.306. The van der Waals surface area contributed by atoms with E-state index in [1.165, 1.54) is 0 Å². The van der Waals surface area contributed by atoms with E-state index in [-0.39, 0.29) is 0 Å². The lowest BCUT2D eigenvalue weighted by atomic mass is 10.0. The van der Waals surface area contributed by atoms with Crippen LogP contribution in [0.25, 0.3) is 11.6 Å². The van der Waals surface area contributed by atoms with Gasteiger partial charge in [0.1, 0.15) is 12.4 Å². The van der Waals surface area contributed by atoms with Crippen molar-refractivity contribution in [3.05, 3.63) is 99.0 Å². The van der Waals surface area contributed by atoms with Gasteiger partial charge in [-0.25, -0.2) is 0 Å². The largest absolute Gasteiger partial charge is 0.489 e. The van der Waals surface area contributed by atoms with Gasteiger partial charge in [0.25, 0.3) is 0 Å². The molecule has 3 aromatic rings. The fourth-order valence-corrected chi connectivity index (χ4v) is 2.77. The van der Waals surface area contributed by atoms with Gasteiger partial charge in [-0.3, -0.25) is 0 Å². The normalized spacial score (nSPS) is 11.0. The zero-order chi connectivity index (χ0) is 18.4. The van der Waals surface area contributed by atoms with Gasteiger partial charge >= 0.3 is 0 Å². The second kappa shape index (κ2) is 8.71. The number of hydrogen-bond donors (Lipinski definition) is 0. The van der Waals surface area contributed by atoms with E-state index in [2.05, 4.69) is 22.0 Å². The van der Waals surface area contributed by atoms with Crippen molar-refractivity contribution < 1.29 is 4.74 Å². The molecule has 0 fully saturated rings. The molecule has 0 heterocycles. The zero-order valence-electron chi connectivity index (χ0n) is 13.8. The van der Waals surface area contributed by atoms with Crippen LogP contribution in [0.5, 0.6) is 5.75 Å². The van der Waals surface area contributed by atoms with Crippen LogP contribution >= 0.6 is 27.5 Å². The molecule has 0 aliphatic carbocycles. The Morgan fingerprint density at radius 3 is 2.23 bits per heavy atom. The van der Waals surface area contributed by atoms with Gasteiger partial charge in [-0.15, -0.1) is 0 Å². The summed E-state index contributed by atoms with van der Waals surface area (Å²) in [5, 5.41) is 10.1. The molecule has 0 aliphatic rings. The molecule has 0 unspecified atom stereocenters. The minimum Gasteiger partial charge on any atom is -0.489 e. The highest BCUT2D eigenvalue weighted by molar-refractivity contribution is 9.10. The molecule has 0 aromatic heterocycles. The molecule has 128 valence electrons. The Bertz CT molecular complexity index is 939. The molecule has 0 saturated carbocycles. The van der Waals surface area contributed by atoms with E-state index in [0.717, 1.165) is 26.9 Å². The predicted octanol–water partition coefficient (Wildman–Crippen LogP) is 6.75. The van der Waals surface area contributed by atoms with Crippen LogP contribution in [0.15, 0.2) is 77.3 Å². The average molecular weight is 425 g/mol. The first-order valence-corrected chi connectivity index (χ1v) is 9.16. The minimum atomic E-state index is 0.481. The number of benzene rings is 3. The van der Waals surface area contributed by atoms with Crippen LogP contribution < -0.4 is 4.74 Å². The molecular weight excluding hydrogens is 410 g/mol. The fraction of sp³-hybridized carbons (Fsp3) is 0.0455. The van der Waals surface area contributed by atoms with Gasteiger partial charge in [-0.2, -0.15) is 5.26 Å². The standard InChI is InChI=1S/C22H15BrClNO/c23-20-7-5-18(6-8-20)19(14-25)13-16-3-11-22(12-4-16)26-15-17-1-9-21(24)10-2-17/h1-13H,15H2/b19-13-. The van der Waals surface area contributed by atoms with Crippen molar-refractivity contribution >= 4 is 39.2 Å². The number of rotatable bonds is 5. The predicted molar refractivity (Wildman–Crippen MR) is 110 cm³/mol. The molecule has 26 heavy (non-hydrogen) atoms. The highest BCUT2D eigenvalue weighted by Crippen LogP contribution is 2.22. The first-order chi connectivity index (χ1) is 12.6. The number of halogens is 2. The molecule has 4 heteroatoms. The third kappa shape index (κ3) is 4.98. The van der Waals surface area contributed by atoms with Gasteiger partial charge in [0.15, 0.2) is 0 Å². The monoisotopic (exact) mass is 423 g/mol. The number of allylic oxidation sites excluding steroid dienone is 1. The Kier molecular flexibility index (Phi) is 6.12. The summed E-state index contributed by atoms with van der Waals surface area (Å²) in [6.07, 6.45) is 1.87. The maximum Gasteiger partial charge on any atom is 0.119 e. The molecule has 3 aromatic carbocycles. The van der Waals surface area contributed by atoms with Crippen molar-refractivity contribution in [1.82, 2.24) is 0 Å². The van der Waals surface area contributed by atoms with Crippen LogP contribution in [0.2, 0.25) is 5.02 Å². The quantitative estimate of drug-likeness (QED) is 0.335. The fourth-order valence-electron chi connectivity index (χ4n) is 2.38. The summed E-state index contributed by atoms with van der Waals surface area (Å²) >= 11 is 9.28. The van der Waals surface area contributed by atoms with Gasteiger partial charge < -0.3 is 4.74 Å². The molecule has 0 N–H and O–H groups in total. The van der Waals surface area contributed by atoms with E-state index >= 15 is 0 Å². The molecule has 3 rings (SSSR count). The number of nitrogens with zero attached hydrogens (tertiary/aromatic N) is 1. The lowest BCUT2D eigenvalue weighted by Gasteiger charge is -2.07. The Morgan fingerprint density at radius 2 is 1.62 bits per heavy atom. The highest BCUT2D eigenvalue weighted by atomic mass is 79.9. The molecule has 2 nitrogen and oxygen atoms in total. The van der Waals surface area contributed by atoms with Gasteiger partial charge in [0.2, 0.25) is 0 Å². The molecule has 0 atom stereocenters. The number of ether oxygens (including phenoxy) is 1. The van der Waals surface area contributed by atoms with Crippen molar-refractivity contribution in [2.45, 2.75) is 6.61 Å². The minimum absolute atomic E-state index is 0.481. The summed E-state index contributed by atoms with van der Waals surface area (Å²) < 4.78 is 6.77. The van der Waals surface area contributed by atoms with Crippen LogP contribution in [-0.4, -0.2) is 0 Å². The molecule has 0 spiro atoms. The van der Waals surface area contributed by atoms with Crippen molar-refractivity contribution in [2.24, 2.45) is 0 Å². The summed E-state index contributed by atoms with van der Waals surface area (Å²) in [5.74, 6) is 0.777. The summed E-state index contributed by atoms with van der Waals surface area (Å²) in [6.45, 7) is 0.481. The van der Waals surface area contributed by atoms with E-state index in [0.29, 0.717) is 17.2 Å².